The minimum atomic E-state index is -0.891. The van der Waals surface area contributed by atoms with Crippen molar-refractivity contribution in [3.05, 3.63) is 45.4 Å². The fourth-order valence-corrected chi connectivity index (χ4v) is 2.84. The molecule has 2 amide bonds. The third kappa shape index (κ3) is 3.94. The Morgan fingerprint density at radius 2 is 2.26 bits per heavy atom. The molecule has 3 rings (SSSR count). The lowest BCUT2D eigenvalue weighted by molar-refractivity contribution is -0.116. The summed E-state index contributed by atoms with van der Waals surface area (Å²) in [5.41, 5.74) is 0.963. The van der Waals surface area contributed by atoms with Crippen molar-refractivity contribution >= 4 is 46.7 Å². The molecule has 0 spiro atoms. The van der Waals surface area contributed by atoms with E-state index < -0.39 is 5.92 Å². The molecule has 1 aliphatic heterocycles. The molecule has 0 saturated heterocycles. The molecule has 0 aromatic carbocycles. The van der Waals surface area contributed by atoms with Crippen LogP contribution in [0.25, 0.3) is 0 Å². The number of fused-ring (bicyclic) bond motifs is 1. The number of anilines is 1. The van der Waals surface area contributed by atoms with Gasteiger partial charge in [0.15, 0.2) is 5.78 Å². The first kappa shape index (κ1) is 17.1. The number of aromatic nitrogens is 1. The normalized spacial score (nSPS) is 15.0. The van der Waals surface area contributed by atoms with Crippen molar-refractivity contribution in [3.8, 4) is 0 Å². The van der Waals surface area contributed by atoms with E-state index in [-0.39, 0.29) is 16.8 Å². The number of amides is 2. The van der Waals surface area contributed by atoms with E-state index >= 15 is 0 Å². The summed E-state index contributed by atoms with van der Waals surface area (Å²) in [4.78, 5) is 38.1. The van der Waals surface area contributed by atoms with E-state index in [1.165, 1.54) is 11.3 Å². The van der Waals surface area contributed by atoms with Crippen LogP contribution in [0.5, 0.6) is 0 Å². The maximum absolute atomic E-state index is 12.3. The highest BCUT2D eigenvalue weighted by atomic mass is 35.5. The van der Waals surface area contributed by atoms with E-state index in [4.69, 9.17) is 11.6 Å². The fourth-order valence-electron chi connectivity index (χ4n) is 1.99. The van der Waals surface area contributed by atoms with Crippen molar-refractivity contribution in [2.45, 2.75) is 12.8 Å². The van der Waals surface area contributed by atoms with Crippen molar-refractivity contribution < 1.29 is 14.4 Å². The SMILES string of the molecule is CCNC=O.O=C1Nc2ccc(Cl)nc2C1C(=O)c1cccs1. The molecule has 3 heterocycles. The van der Waals surface area contributed by atoms with Crippen LogP contribution >= 0.6 is 22.9 Å². The zero-order valence-corrected chi connectivity index (χ0v) is 13.8. The molecular formula is C15H14ClN3O3S. The Hall–Kier alpha value is -2.25. The second-order valence-electron chi connectivity index (χ2n) is 4.51. The average molecular weight is 352 g/mol. The van der Waals surface area contributed by atoms with Gasteiger partial charge in [-0.1, -0.05) is 17.7 Å². The number of ketones is 1. The van der Waals surface area contributed by atoms with Crippen LogP contribution < -0.4 is 10.6 Å². The lowest BCUT2D eigenvalue weighted by Gasteiger charge is -2.05. The molecule has 2 aromatic heterocycles. The van der Waals surface area contributed by atoms with Crippen LogP contribution in [0.2, 0.25) is 5.15 Å². The number of hydrogen-bond acceptors (Lipinski definition) is 5. The van der Waals surface area contributed by atoms with Gasteiger partial charge < -0.3 is 10.6 Å². The van der Waals surface area contributed by atoms with Crippen LogP contribution in [0.15, 0.2) is 29.6 Å². The van der Waals surface area contributed by atoms with Gasteiger partial charge in [-0.2, -0.15) is 0 Å². The highest BCUT2D eigenvalue weighted by Crippen LogP contribution is 2.34. The number of halogens is 1. The van der Waals surface area contributed by atoms with E-state index in [9.17, 15) is 14.4 Å². The van der Waals surface area contributed by atoms with Gasteiger partial charge in [-0.25, -0.2) is 4.98 Å². The van der Waals surface area contributed by atoms with Gasteiger partial charge >= 0.3 is 0 Å². The van der Waals surface area contributed by atoms with Gasteiger partial charge in [-0.15, -0.1) is 11.3 Å². The van der Waals surface area contributed by atoms with Crippen LogP contribution in [0.3, 0.4) is 0 Å². The zero-order chi connectivity index (χ0) is 16.8. The summed E-state index contributed by atoms with van der Waals surface area (Å²) in [7, 11) is 0. The number of pyridine rings is 1. The van der Waals surface area contributed by atoms with Gasteiger partial charge in [-0.05, 0) is 30.5 Å². The molecule has 120 valence electrons. The van der Waals surface area contributed by atoms with Crippen LogP contribution in [-0.4, -0.2) is 29.6 Å². The van der Waals surface area contributed by atoms with Gasteiger partial charge in [0.25, 0.3) is 0 Å². The molecule has 6 nitrogen and oxygen atoms in total. The molecule has 2 aromatic rings. The fraction of sp³-hybridized carbons (Fsp3) is 0.200. The predicted molar refractivity (Wildman–Crippen MR) is 89.0 cm³/mol. The van der Waals surface area contributed by atoms with Crippen molar-refractivity contribution in [1.82, 2.24) is 10.3 Å². The Kier molecular flexibility index (Phi) is 5.84. The van der Waals surface area contributed by atoms with Crippen LogP contribution in [-0.2, 0) is 9.59 Å². The number of Topliss-reactive ketones (excluding diaryl/α,β-unsaturated/α-hetero) is 1. The highest BCUT2D eigenvalue weighted by Gasteiger charge is 2.38. The number of carbonyl (C=O) groups excluding carboxylic acids is 3. The number of nitrogens with one attached hydrogen (secondary N) is 2. The minimum Gasteiger partial charge on any atom is -0.359 e. The minimum absolute atomic E-state index is 0.240. The van der Waals surface area contributed by atoms with Crippen LogP contribution in [0, 0.1) is 0 Å². The summed E-state index contributed by atoms with van der Waals surface area (Å²) in [5.74, 6) is -1.48. The van der Waals surface area contributed by atoms with E-state index in [1.807, 2.05) is 6.92 Å². The molecule has 2 N–H and O–H groups in total. The van der Waals surface area contributed by atoms with Crippen LogP contribution in [0.1, 0.15) is 28.2 Å². The standard InChI is InChI=1S/C12H7ClN2O2S.C3H7NO/c13-8-4-3-6-10(15-8)9(12(17)14-6)11(16)7-2-1-5-18-7;1-2-4-3-5/h1-5,9H,(H,14,17);3H,2H2,1H3,(H,4,5). The lowest BCUT2D eigenvalue weighted by Crippen LogP contribution is -2.20. The molecule has 8 heteroatoms. The molecule has 0 fully saturated rings. The van der Waals surface area contributed by atoms with Gasteiger partial charge in [0, 0.05) is 6.54 Å². The van der Waals surface area contributed by atoms with E-state index in [0.717, 1.165) is 6.54 Å². The summed E-state index contributed by atoms with van der Waals surface area (Å²) in [5, 5.41) is 7.14. The second kappa shape index (κ2) is 7.85. The van der Waals surface area contributed by atoms with Crippen molar-refractivity contribution in [2.24, 2.45) is 0 Å². The third-order valence-electron chi connectivity index (χ3n) is 3.00. The summed E-state index contributed by atoms with van der Waals surface area (Å²) >= 11 is 7.12. The van der Waals surface area contributed by atoms with Gasteiger partial charge in [-0.3, -0.25) is 14.4 Å². The Labute approximate surface area is 141 Å². The predicted octanol–water partition coefficient (Wildman–Crippen LogP) is 2.47. The average Bonchev–Trinajstić information content (AvgIpc) is 3.15. The quantitative estimate of drug-likeness (QED) is 0.383. The van der Waals surface area contributed by atoms with Gasteiger partial charge in [0.2, 0.25) is 12.3 Å². The molecule has 1 aliphatic rings. The highest BCUT2D eigenvalue weighted by molar-refractivity contribution is 7.12. The van der Waals surface area contributed by atoms with Gasteiger partial charge in [0.1, 0.15) is 11.1 Å². The Morgan fingerprint density at radius 3 is 2.83 bits per heavy atom. The Balaban J connectivity index is 0.000000338. The molecule has 1 unspecified atom stereocenters. The number of carbonyl (C=O) groups is 3. The second-order valence-corrected chi connectivity index (χ2v) is 5.84. The number of rotatable bonds is 4. The summed E-state index contributed by atoms with van der Waals surface area (Å²) in [6, 6.07) is 6.71. The van der Waals surface area contributed by atoms with Gasteiger partial charge in [0.05, 0.1) is 16.3 Å². The largest absolute Gasteiger partial charge is 0.359 e. The molecular weight excluding hydrogens is 338 g/mol. The van der Waals surface area contributed by atoms with E-state index in [1.54, 1.807) is 29.6 Å². The van der Waals surface area contributed by atoms with Crippen molar-refractivity contribution in [3.63, 3.8) is 0 Å². The van der Waals surface area contributed by atoms with Crippen LogP contribution in [0.4, 0.5) is 5.69 Å². The summed E-state index contributed by atoms with van der Waals surface area (Å²) < 4.78 is 0. The molecule has 1 atom stereocenters. The number of thiophene rings is 1. The first-order valence-electron chi connectivity index (χ1n) is 6.80. The summed E-state index contributed by atoms with van der Waals surface area (Å²) in [6.45, 7) is 2.60. The maximum Gasteiger partial charge on any atom is 0.241 e. The molecule has 0 aliphatic carbocycles. The number of hydrogen-bond donors (Lipinski definition) is 2. The van der Waals surface area contributed by atoms with Crippen molar-refractivity contribution in [2.75, 3.05) is 11.9 Å². The Bertz CT molecular complexity index is 719. The monoisotopic (exact) mass is 351 g/mol. The third-order valence-corrected chi connectivity index (χ3v) is 4.09. The molecule has 23 heavy (non-hydrogen) atoms. The van der Waals surface area contributed by atoms with E-state index in [2.05, 4.69) is 15.6 Å². The number of nitrogens with zero attached hydrogens (tertiary/aromatic N) is 1. The first-order valence-corrected chi connectivity index (χ1v) is 8.06. The van der Waals surface area contributed by atoms with E-state index in [0.29, 0.717) is 22.7 Å². The Morgan fingerprint density at radius 1 is 1.48 bits per heavy atom. The summed E-state index contributed by atoms with van der Waals surface area (Å²) in [6.07, 6.45) is 0.681. The lowest BCUT2D eigenvalue weighted by atomic mass is 10.00. The zero-order valence-electron chi connectivity index (χ0n) is 12.2. The molecule has 0 bridgehead atoms. The smallest absolute Gasteiger partial charge is 0.241 e. The molecule has 0 radical (unpaired) electrons. The first-order chi connectivity index (χ1) is 11.1. The molecule has 0 saturated carbocycles. The topological polar surface area (TPSA) is 88.2 Å². The maximum atomic E-state index is 12.3. The van der Waals surface area contributed by atoms with Crippen molar-refractivity contribution in [1.29, 1.82) is 0 Å².